The highest BCUT2D eigenvalue weighted by Crippen LogP contribution is 2.28. The Balaban J connectivity index is 0.00000280. The Labute approximate surface area is 172 Å². The number of carbonyl (C=O) groups excluding carboxylic acids is 2. The van der Waals surface area contributed by atoms with Gasteiger partial charge in [0.2, 0.25) is 11.8 Å². The molecule has 2 saturated heterocycles. The smallest absolute Gasteiger partial charge is 0.228 e. The minimum Gasteiger partial charge on any atom is -0.493 e. The molecule has 0 saturated carbocycles. The topological polar surface area (TPSA) is 71.1 Å². The first-order valence-electron chi connectivity index (χ1n) is 9.53. The first-order chi connectivity index (χ1) is 13.0. The van der Waals surface area contributed by atoms with Gasteiger partial charge in [0.25, 0.3) is 0 Å². The number of halogens is 1. The van der Waals surface area contributed by atoms with Crippen LogP contribution in [-0.2, 0) is 16.0 Å². The lowest BCUT2D eigenvalue weighted by Crippen LogP contribution is -2.54. The van der Waals surface area contributed by atoms with E-state index in [1.54, 1.807) is 14.2 Å². The molecule has 0 aliphatic carbocycles. The van der Waals surface area contributed by atoms with Gasteiger partial charge in [-0.2, -0.15) is 0 Å². The maximum atomic E-state index is 12.8. The Morgan fingerprint density at radius 3 is 2.68 bits per heavy atom. The molecule has 2 amide bonds. The Morgan fingerprint density at radius 1 is 1.25 bits per heavy atom. The Hall–Kier alpha value is -1.99. The summed E-state index contributed by atoms with van der Waals surface area (Å²) in [5.74, 6) is 1.34. The van der Waals surface area contributed by atoms with Gasteiger partial charge in [-0.05, 0) is 31.0 Å². The van der Waals surface area contributed by atoms with E-state index in [9.17, 15) is 9.59 Å². The molecule has 1 N–H and O–H groups in total. The van der Waals surface area contributed by atoms with Crippen molar-refractivity contribution in [3.63, 3.8) is 0 Å². The molecule has 28 heavy (non-hydrogen) atoms. The number of nitrogens with one attached hydrogen (secondary N) is 1. The highest BCUT2D eigenvalue weighted by molar-refractivity contribution is 5.89. The minimum absolute atomic E-state index is 0. The normalized spacial score (nSPS) is 22.0. The van der Waals surface area contributed by atoms with Crippen LogP contribution in [0.4, 0.5) is 0 Å². The number of nitrogens with zero attached hydrogens (tertiary/aromatic N) is 2. The molecule has 3 rings (SSSR count). The molecule has 8 heteroatoms. The van der Waals surface area contributed by atoms with Crippen molar-refractivity contribution in [2.45, 2.75) is 25.8 Å². The number of likely N-dealkylation sites (tertiary alicyclic amines) is 1. The number of hydrogen-bond donors (Lipinski definition) is 1. The third-order valence-electron chi connectivity index (χ3n) is 5.47. The number of rotatable bonds is 6. The van der Waals surface area contributed by atoms with Crippen LogP contribution in [0.5, 0.6) is 11.5 Å². The monoisotopic (exact) mass is 411 g/mol. The summed E-state index contributed by atoms with van der Waals surface area (Å²) in [6.45, 7) is 5.53. The van der Waals surface area contributed by atoms with E-state index < -0.39 is 0 Å². The van der Waals surface area contributed by atoms with Gasteiger partial charge >= 0.3 is 0 Å². The SMILES string of the molecule is COc1ccc(CCN2CC(C(=O)N3CCNCC3C)CC2=O)cc1OC.Cl. The molecule has 0 radical (unpaired) electrons. The van der Waals surface area contributed by atoms with Crippen molar-refractivity contribution in [1.82, 2.24) is 15.1 Å². The van der Waals surface area contributed by atoms with Crippen LogP contribution in [-0.4, -0.2) is 74.6 Å². The van der Waals surface area contributed by atoms with Gasteiger partial charge in [0.1, 0.15) is 0 Å². The van der Waals surface area contributed by atoms with Crippen LogP contribution in [0.15, 0.2) is 18.2 Å². The third kappa shape index (κ3) is 4.89. The van der Waals surface area contributed by atoms with Gasteiger partial charge in [-0.3, -0.25) is 9.59 Å². The Morgan fingerprint density at radius 2 is 2.00 bits per heavy atom. The van der Waals surface area contributed by atoms with Crippen LogP contribution in [0.1, 0.15) is 18.9 Å². The molecule has 0 aromatic heterocycles. The van der Waals surface area contributed by atoms with E-state index in [1.807, 2.05) is 28.0 Å². The fourth-order valence-electron chi connectivity index (χ4n) is 3.86. The van der Waals surface area contributed by atoms with E-state index in [-0.39, 0.29) is 36.2 Å². The first-order valence-corrected chi connectivity index (χ1v) is 9.53. The molecular weight excluding hydrogens is 382 g/mol. The summed E-state index contributed by atoms with van der Waals surface area (Å²) in [7, 11) is 3.22. The number of piperazine rings is 1. The zero-order valence-electron chi connectivity index (χ0n) is 16.8. The van der Waals surface area contributed by atoms with Crippen molar-refractivity contribution >= 4 is 24.2 Å². The minimum atomic E-state index is -0.219. The summed E-state index contributed by atoms with van der Waals surface area (Å²) in [5, 5.41) is 3.29. The summed E-state index contributed by atoms with van der Waals surface area (Å²) in [6, 6.07) is 5.97. The van der Waals surface area contributed by atoms with Gasteiger partial charge < -0.3 is 24.6 Å². The summed E-state index contributed by atoms with van der Waals surface area (Å²) >= 11 is 0. The lowest BCUT2D eigenvalue weighted by molar-refractivity contribution is -0.138. The Kier molecular flexibility index (Phi) is 7.95. The molecule has 2 atom stereocenters. The standard InChI is InChI=1S/C20H29N3O4.ClH/c1-14-12-21-7-9-23(14)20(25)16-11-19(24)22(13-16)8-6-15-4-5-17(26-2)18(10-15)27-3;/h4-5,10,14,16,21H,6-9,11-13H2,1-3H3;1H. The van der Waals surface area contributed by atoms with Crippen LogP contribution in [0.3, 0.4) is 0 Å². The van der Waals surface area contributed by atoms with Crippen molar-refractivity contribution in [1.29, 1.82) is 0 Å². The van der Waals surface area contributed by atoms with Crippen LogP contribution in [0, 0.1) is 5.92 Å². The van der Waals surface area contributed by atoms with Crippen molar-refractivity contribution < 1.29 is 19.1 Å². The lowest BCUT2D eigenvalue weighted by Gasteiger charge is -2.35. The van der Waals surface area contributed by atoms with Crippen LogP contribution < -0.4 is 14.8 Å². The van der Waals surface area contributed by atoms with Crippen molar-refractivity contribution in [2.24, 2.45) is 5.92 Å². The van der Waals surface area contributed by atoms with Crippen LogP contribution >= 0.6 is 12.4 Å². The number of methoxy groups -OCH3 is 2. The number of hydrogen-bond acceptors (Lipinski definition) is 5. The van der Waals surface area contributed by atoms with E-state index in [0.29, 0.717) is 31.0 Å². The summed E-state index contributed by atoms with van der Waals surface area (Å²) in [4.78, 5) is 28.9. The number of benzene rings is 1. The molecule has 2 unspecified atom stereocenters. The molecular formula is C20H30ClN3O4. The second-order valence-electron chi connectivity index (χ2n) is 7.26. The zero-order valence-corrected chi connectivity index (χ0v) is 17.6. The summed E-state index contributed by atoms with van der Waals surface area (Å²) in [6.07, 6.45) is 1.04. The predicted molar refractivity (Wildman–Crippen MR) is 109 cm³/mol. The fraction of sp³-hybridized carbons (Fsp3) is 0.600. The van der Waals surface area contributed by atoms with Crippen molar-refractivity contribution in [3.8, 4) is 11.5 Å². The average molecular weight is 412 g/mol. The van der Waals surface area contributed by atoms with Crippen molar-refractivity contribution in [2.75, 3.05) is 46.9 Å². The largest absolute Gasteiger partial charge is 0.493 e. The molecule has 1 aromatic carbocycles. The van der Waals surface area contributed by atoms with Gasteiger partial charge in [-0.15, -0.1) is 12.4 Å². The summed E-state index contributed by atoms with van der Waals surface area (Å²) in [5.41, 5.74) is 1.07. The molecule has 0 spiro atoms. The lowest BCUT2D eigenvalue weighted by atomic mass is 10.0. The highest BCUT2D eigenvalue weighted by Gasteiger charge is 2.37. The molecule has 156 valence electrons. The van der Waals surface area contributed by atoms with Crippen molar-refractivity contribution in [3.05, 3.63) is 23.8 Å². The summed E-state index contributed by atoms with van der Waals surface area (Å²) < 4.78 is 10.6. The van der Waals surface area contributed by atoms with Gasteiger partial charge in [0.15, 0.2) is 11.5 Å². The first kappa shape index (κ1) is 22.3. The molecule has 2 fully saturated rings. The molecule has 2 aliphatic heterocycles. The number of amides is 2. The maximum absolute atomic E-state index is 12.8. The highest BCUT2D eigenvalue weighted by atomic mass is 35.5. The zero-order chi connectivity index (χ0) is 19.4. The molecule has 2 aliphatic rings. The van der Waals surface area contributed by atoms with E-state index in [1.165, 1.54) is 0 Å². The van der Waals surface area contributed by atoms with Gasteiger partial charge in [-0.1, -0.05) is 6.07 Å². The van der Waals surface area contributed by atoms with E-state index in [0.717, 1.165) is 31.6 Å². The second kappa shape index (κ2) is 9.98. The van der Waals surface area contributed by atoms with E-state index >= 15 is 0 Å². The predicted octanol–water partition coefficient (Wildman–Crippen LogP) is 1.34. The number of ether oxygens (including phenoxy) is 2. The van der Waals surface area contributed by atoms with Crippen LogP contribution in [0.25, 0.3) is 0 Å². The van der Waals surface area contributed by atoms with Gasteiger partial charge in [0, 0.05) is 45.2 Å². The quantitative estimate of drug-likeness (QED) is 0.764. The van der Waals surface area contributed by atoms with E-state index in [4.69, 9.17) is 9.47 Å². The molecule has 0 bridgehead atoms. The second-order valence-corrected chi connectivity index (χ2v) is 7.26. The Bertz CT molecular complexity index is 700. The number of carbonyl (C=O) groups is 2. The molecule has 7 nitrogen and oxygen atoms in total. The van der Waals surface area contributed by atoms with Gasteiger partial charge in [0.05, 0.1) is 20.1 Å². The maximum Gasteiger partial charge on any atom is 0.228 e. The molecule has 2 heterocycles. The van der Waals surface area contributed by atoms with E-state index in [2.05, 4.69) is 12.2 Å². The molecule has 1 aromatic rings. The average Bonchev–Trinajstić information content (AvgIpc) is 3.06. The third-order valence-corrected chi connectivity index (χ3v) is 5.47. The fourth-order valence-corrected chi connectivity index (χ4v) is 3.86. The van der Waals surface area contributed by atoms with Gasteiger partial charge in [-0.25, -0.2) is 0 Å². The van der Waals surface area contributed by atoms with Crippen LogP contribution in [0.2, 0.25) is 0 Å².